The quantitative estimate of drug-likeness (QED) is 0.462. The van der Waals surface area contributed by atoms with E-state index >= 15 is 0 Å². The van der Waals surface area contributed by atoms with Gasteiger partial charge in [0, 0.05) is 32.5 Å². The molecule has 3 heterocycles. The monoisotopic (exact) mass is 479 g/mol. The van der Waals surface area contributed by atoms with Gasteiger partial charge in [-0.05, 0) is 60.8 Å². The van der Waals surface area contributed by atoms with Gasteiger partial charge in [-0.1, -0.05) is 18.7 Å². The highest BCUT2D eigenvalue weighted by Crippen LogP contribution is 2.34. The summed E-state index contributed by atoms with van der Waals surface area (Å²) in [6, 6.07) is 3.78. The molecule has 0 bridgehead atoms. The third kappa shape index (κ3) is 4.64. The van der Waals surface area contributed by atoms with Crippen LogP contribution in [0.5, 0.6) is 0 Å². The van der Waals surface area contributed by atoms with E-state index in [0.29, 0.717) is 5.82 Å². The number of pyridine rings is 1. The summed E-state index contributed by atoms with van der Waals surface area (Å²) in [5.41, 5.74) is 2.46. The first-order valence-corrected chi connectivity index (χ1v) is 11.6. The fourth-order valence-electron chi connectivity index (χ4n) is 2.89. The standard InChI is InChI=1S/C19H22BrN5OS2/c1-5-14-12(4)27-9-15(14)18-23-24-19(25(18)11(2)3)28-10-17(26)22-16-7-6-13(20)8-21-16/h6-9,11H,5,10H2,1-4H3,(H,21,22,26). The van der Waals surface area contributed by atoms with E-state index in [9.17, 15) is 4.79 Å². The third-order valence-corrected chi connectivity index (χ3v) is 6.57. The highest BCUT2D eigenvalue weighted by Gasteiger charge is 2.21. The SMILES string of the molecule is CCc1c(-c2nnc(SCC(=O)Nc3ccc(Br)cn3)n2C(C)C)csc1C. The minimum atomic E-state index is -0.125. The lowest BCUT2D eigenvalue weighted by Gasteiger charge is -2.14. The van der Waals surface area contributed by atoms with Gasteiger partial charge in [0.1, 0.15) is 5.82 Å². The molecule has 9 heteroatoms. The van der Waals surface area contributed by atoms with E-state index in [1.165, 1.54) is 22.2 Å². The van der Waals surface area contributed by atoms with Gasteiger partial charge in [0.15, 0.2) is 11.0 Å². The molecule has 3 aromatic rings. The Morgan fingerprint density at radius 2 is 2.14 bits per heavy atom. The van der Waals surface area contributed by atoms with Crippen LogP contribution in [-0.2, 0) is 11.2 Å². The van der Waals surface area contributed by atoms with Crippen molar-refractivity contribution < 1.29 is 4.79 Å². The van der Waals surface area contributed by atoms with Crippen molar-refractivity contribution in [1.82, 2.24) is 19.7 Å². The minimum Gasteiger partial charge on any atom is -0.310 e. The maximum Gasteiger partial charge on any atom is 0.236 e. The molecule has 0 saturated heterocycles. The van der Waals surface area contributed by atoms with Crippen molar-refractivity contribution in [1.29, 1.82) is 0 Å². The smallest absolute Gasteiger partial charge is 0.236 e. The Labute approximate surface area is 181 Å². The number of anilines is 1. The van der Waals surface area contributed by atoms with Gasteiger partial charge in [0.2, 0.25) is 5.91 Å². The number of hydrogen-bond acceptors (Lipinski definition) is 6. The predicted octanol–water partition coefficient (Wildman–Crippen LogP) is 5.35. The zero-order valence-electron chi connectivity index (χ0n) is 16.2. The minimum absolute atomic E-state index is 0.125. The lowest BCUT2D eigenvalue weighted by molar-refractivity contribution is -0.113. The molecule has 1 N–H and O–H groups in total. The van der Waals surface area contributed by atoms with E-state index < -0.39 is 0 Å². The van der Waals surface area contributed by atoms with Crippen molar-refractivity contribution in [3.63, 3.8) is 0 Å². The molecule has 0 aliphatic rings. The summed E-state index contributed by atoms with van der Waals surface area (Å²) in [5.74, 6) is 1.52. The van der Waals surface area contributed by atoms with Crippen molar-refractivity contribution in [3.8, 4) is 11.4 Å². The molecule has 148 valence electrons. The van der Waals surface area contributed by atoms with Gasteiger partial charge in [0.25, 0.3) is 0 Å². The van der Waals surface area contributed by atoms with Crippen LogP contribution in [0.4, 0.5) is 5.82 Å². The first kappa shape index (κ1) is 21.0. The van der Waals surface area contributed by atoms with E-state index in [-0.39, 0.29) is 17.7 Å². The molecule has 3 aromatic heterocycles. The average molecular weight is 480 g/mol. The number of nitrogens with one attached hydrogen (secondary N) is 1. The molecule has 0 atom stereocenters. The first-order chi connectivity index (χ1) is 13.4. The Kier molecular flexibility index (Phi) is 6.90. The van der Waals surface area contributed by atoms with Crippen LogP contribution in [0.3, 0.4) is 0 Å². The fraction of sp³-hybridized carbons (Fsp3) is 0.368. The molecule has 0 fully saturated rings. The van der Waals surface area contributed by atoms with Crippen molar-refractivity contribution in [3.05, 3.63) is 38.6 Å². The molecule has 0 saturated carbocycles. The lowest BCUT2D eigenvalue weighted by Crippen LogP contribution is -2.15. The summed E-state index contributed by atoms with van der Waals surface area (Å²) in [6.45, 7) is 8.51. The molecule has 1 amide bonds. The molecule has 0 aliphatic carbocycles. The number of amides is 1. The van der Waals surface area contributed by atoms with Crippen LogP contribution < -0.4 is 5.32 Å². The Balaban J connectivity index is 1.76. The first-order valence-electron chi connectivity index (χ1n) is 8.97. The Hall–Kier alpha value is -1.71. The van der Waals surface area contributed by atoms with E-state index in [1.807, 2.05) is 6.07 Å². The Bertz CT molecular complexity index is 965. The van der Waals surface area contributed by atoms with Gasteiger partial charge >= 0.3 is 0 Å². The van der Waals surface area contributed by atoms with E-state index in [1.54, 1.807) is 23.6 Å². The van der Waals surface area contributed by atoms with Gasteiger partial charge in [-0.25, -0.2) is 4.98 Å². The van der Waals surface area contributed by atoms with Crippen molar-refractivity contribution in [2.45, 2.75) is 45.3 Å². The van der Waals surface area contributed by atoms with Crippen molar-refractivity contribution in [2.75, 3.05) is 11.1 Å². The van der Waals surface area contributed by atoms with Crippen molar-refractivity contribution in [2.24, 2.45) is 0 Å². The maximum absolute atomic E-state index is 12.3. The second kappa shape index (κ2) is 9.19. The van der Waals surface area contributed by atoms with E-state index in [0.717, 1.165) is 27.4 Å². The summed E-state index contributed by atoms with van der Waals surface area (Å²) in [4.78, 5) is 17.8. The number of thioether (sulfide) groups is 1. The van der Waals surface area contributed by atoms with Crippen LogP contribution in [0.1, 0.15) is 37.3 Å². The highest BCUT2D eigenvalue weighted by molar-refractivity contribution is 9.10. The molecule has 6 nitrogen and oxygen atoms in total. The number of thiophene rings is 1. The molecule has 0 aromatic carbocycles. The number of carbonyl (C=O) groups excluding carboxylic acids is 1. The van der Waals surface area contributed by atoms with Crippen LogP contribution in [0, 0.1) is 6.92 Å². The summed E-state index contributed by atoms with van der Waals surface area (Å²) < 4.78 is 2.98. The number of nitrogens with zero attached hydrogens (tertiary/aromatic N) is 4. The molecule has 3 rings (SSSR count). The second-order valence-corrected chi connectivity index (χ2v) is 9.45. The van der Waals surface area contributed by atoms with Gasteiger partial charge in [-0.3, -0.25) is 9.36 Å². The topological polar surface area (TPSA) is 72.7 Å². The van der Waals surface area contributed by atoms with Crippen LogP contribution >= 0.6 is 39.0 Å². The molecule has 0 aliphatic heterocycles. The number of hydrogen-bond donors (Lipinski definition) is 1. The molecule has 0 unspecified atom stereocenters. The largest absolute Gasteiger partial charge is 0.310 e. The number of aromatic nitrogens is 4. The normalized spacial score (nSPS) is 11.2. The highest BCUT2D eigenvalue weighted by atomic mass is 79.9. The zero-order chi connectivity index (χ0) is 20.3. The lowest BCUT2D eigenvalue weighted by atomic mass is 10.1. The van der Waals surface area contributed by atoms with Gasteiger partial charge < -0.3 is 5.32 Å². The summed E-state index contributed by atoms with van der Waals surface area (Å²) in [7, 11) is 0. The molecule has 0 radical (unpaired) electrons. The number of aryl methyl sites for hydroxylation is 1. The summed E-state index contributed by atoms with van der Waals surface area (Å²) >= 11 is 6.45. The summed E-state index contributed by atoms with van der Waals surface area (Å²) in [5, 5.41) is 14.5. The van der Waals surface area contributed by atoms with Crippen LogP contribution in [-0.4, -0.2) is 31.4 Å². The molecular formula is C19H22BrN5OS2. The predicted molar refractivity (Wildman–Crippen MR) is 119 cm³/mol. The Morgan fingerprint density at radius 1 is 1.36 bits per heavy atom. The number of rotatable bonds is 7. The average Bonchev–Trinajstić information content (AvgIpc) is 3.24. The number of carbonyl (C=O) groups is 1. The van der Waals surface area contributed by atoms with Crippen LogP contribution in [0.25, 0.3) is 11.4 Å². The van der Waals surface area contributed by atoms with E-state index in [4.69, 9.17) is 0 Å². The third-order valence-electron chi connectivity index (χ3n) is 4.21. The zero-order valence-corrected chi connectivity index (χ0v) is 19.4. The molecule has 28 heavy (non-hydrogen) atoms. The van der Waals surface area contributed by atoms with Gasteiger partial charge in [-0.15, -0.1) is 21.5 Å². The van der Waals surface area contributed by atoms with Crippen LogP contribution in [0.2, 0.25) is 0 Å². The molecule has 0 spiro atoms. The van der Waals surface area contributed by atoms with Gasteiger partial charge in [0.05, 0.1) is 5.75 Å². The van der Waals surface area contributed by atoms with Crippen molar-refractivity contribution >= 4 is 50.8 Å². The van der Waals surface area contributed by atoms with Crippen LogP contribution in [0.15, 0.2) is 33.3 Å². The maximum atomic E-state index is 12.3. The number of halogens is 1. The second-order valence-electron chi connectivity index (χ2n) is 6.51. The summed E-state index contributed by atoms with van der Waals surface area (Å²) in [6.07, 6.45) is 2.61. The fourth-order valence-corrected chi connectivity index (χ4v) is 4.93. The Morgan fingerprint density at radius 3 is 2.79 bits per heavy atom. The van der Waals surface area contributed by atoms with E-state index in [2.05, 4.69) is 74.1 Å². The van der Waals surface area contributed by atoms with Gasteiger partial charge in [-0.2, -0.15) is 0 Å². The molecular weight excluding hydrogens is 458 g/mol.